The zero-order valence-corrected chi connectivity index (χ0v) is 15.8. The van der Waals surface area contributed by atoms with E-state index in [0.717, 1.165) is 54.6 Å². The standard InChI is InChI=1S/C17H22N3O5P/c1-23-15-8-13-14(9-16(15)24-2)18-11-19-17(13)20-6-3-4-12(5-7-20)10-25-26(21)22/h8-11,26H,3-7H2,1-2H3,(H,21,22)/b12-10+. The lowest BCUT2D eigenvalue weighted by atomic mass is 10.1. The maximum absolute atomic E-state index is 10.7. The highest BCUT2D eigenvalue weighted by molar-refractivity contribution is 7.32. The first-order valence-corrected chi connectivity index (χ1v) is 9.58. The van der Waals surface area contributed by atoms with Crippen LogP contribution in [0.25, 0.3) is 10.9 Å². The van der Waals surface area contributed by atoms with Crippen LogP contribution in [0.2, 0.25) is 0 Å². The first-order valence-electron chi connectivity index (χ1n) is 8.31. The Morgan fingerprint density at radius 2 is 1.92 bits per heavy atom. The average molecular weight is 379 g/mol. The second-order valence-electron chi connectivity index (χ2n) is 5.92. The first kappa shape index (κ1) is 18.5. The van der Waals surface area contributed by atoms with E-state index in [1.807, 2.05) is 12.1 Å². The number of hydrogen-bond acceptors (Lipinski definition) is 7. The number of anilines is 1. The molecule has 1 saturated heterocycles. The van der Waals surface area contributed by atoms with Gasteiger partial charge in [-0.2, -0.15) is 0 Å². The number of rotatable bonds is 5. The third kappa shape index (κ3) is 4.08. The van der Waals surface area contributed by atoms with Crippen LogP contribution in [0.4, 0.5) is 5.82 Å². The molecule has 8 nitrogen and oxygen atoms in total. The van der Waals surface area contributed by atoms with E-state index in [4.69, 9.17) is 18.9 Å². The van der Waals surface area contributed by atoms with Gasteiger partial charge < -0.3 is 23.8 Å². The van der Waals surface area contributed by atoms with Crippen molar-refractivity contribution >= 4 is 25.0 Å². The Bertz CT molecular complexity index is 843. The number of ether oxygens (including phenoxy) is 2. The van der Waals surface area contributed by atoms with Crippen LogP contribution in [0.3, 0.4) is 0 Å². The molecule has 26 heavy (non-hydrogen) atoms. The molecule has 9 heteroatoms. The molecule has 0 aliphatic carbocycles. The smallest absolute Gasteiger partial charge is 0.364 e. The maximum Gasteiger partial charge on any atom is 0.364 e. The van der Waals surface area contributed by atoms with Crippen molar-refractivity contribution in [3.63, 3.8) is 0 Å². The minimum absolute atomic E-state index is 0.627. The topological polar surface area (TPSA) is 94.0 Å². The van der Waals surface area contributed by atoms with Crippen LogP contribution in [0.15, 0.2) is 30.3 Å². The van der Waals surface area contributed by atoms with Crippen molar-refractivity contribution in [2.45, 2.75) is 19.3 Å². The summed E-state index contributed by atoms with van der Waals surface area (Å²) in [5.74, 6) is 2.10. The van der Waals surface area contributed by atoms with Gasteiger partial charge in [0.25, 0.3) is 0 Å². The molecule has 0 amide bonds. The number of hydrogen-bond donors (Lipinski definition) is 1. The molecule has 1 N–H and O–H groups in total. The van der Waals surface area contributed by atoms with Crippen molar-refractivity contribution in [1.82, 2.24) is 9.97 Å². The van der Waals surface area contributed by atoms with Crippen LogP contribution in [0, 0.1) is 0 Å². The van der Waals surface area contributed by atoms with Crippen LogP contribution in [0.1, 0.15) is 19.3 Å². The predicted molar refractivity (Wildman–Crippen MR) is 99.1 cm³/mol. The summed E-state index contributed by atoms with van der Waals surface area (Å²) < 4.78 is 26.3. The summed E-state index contributed by atoms with van der Waals surface area (Å²) >= 11 is 0. The maximum atomic E-state index is 10.7. The molecule has 1 fully saturated rings. The summed E-state index contributed by atoms with van der Waals surface area (Å²) in [6, 6.07) is 3.74. The van der Waals surface area contributed by atoms with Crippen LogP contribution in [0.5, 0.6) is 11.5 Å². The van der Waals surface area contributed by atoms with Gasteiger partial charge in [0, 0.05) is 24.5 Å². The summed E-state index contributed by atoms with van der Waals surface area (Å²) in [6.07, 6.45) is 5.45. The van der Waals surface area contributed by atoms with Gasteiger partial charge in [-0.05, 0) is 30.9 Å². The van der Waals surface area contributed by atoms with E-state index in [1.165, 1.54) is 6.26 Å². The molecule has 3 rings (SSSR count). The van der Waals surface area contributed by atoms with Crippen molar-refractivity contribution in [3.05, 3.63) is 30.3 Å². The van der Waals surface area contributed by atoms with Crippen LogP contribution < -0.4 is 14.4 Å². The van der Waals surface area contributed by atoms with Crippen molar-refractivity contribution in [2.75, 3.05) is 32.2 Å². The number of fused-ring (bicyclic) bond motifs is 1. The SMILES string of the molecule is COc1cc2ncnc(N3CCC/C(=C\O[PH](=O)O)CC3)c2cc1OC. The molecule has 0 spiro atoms. The Morgan fingerprint density at radius 3 is 2.65 bits per heavy atom. The molecule has 1 aromatic carbocycles. The second-order valence-corrected chi connectivity index (χ2v) is 6.69. The summed E-state index contributed by atoms with van der Waals surface area (Å²) in [7, 11) is 0.256. The van der Waals surface area contributed by atoms with Gasteiger partial charge >= 0.3 is 8.25 Å². The molecule has 1 atom stereocenters. The van der Waals surface area contributed by atoms with Gasteiger partial charge in [-0.1, -0.05) is 0 Å². The molecule has 2 aromatic rings. The fourth-order valence-corrected chi connectivity index (χ4v) is 3.36. The normalized spacial score (nSPS) is 17.8. The van der Waals surface area contributed by atoms with E-state index in [1.54, 1.807) is 20.5 Å². The minimum atomic E-state index is -2.94. The zero-order chi connectivity index (χ0) is 18.5. The van der Waals surface area contributed by atoms with Crippen molar-refractivity contribution in [3.8, 4) is 11.5 Å². The van der Waals surface area contributed by atoms with E-state index >= 15 is 0 Å². The summed E-state index contributed by atoms with van der Waals surface area (Å²) in [5, 5.41) is 0.897. The largest absolute Gasteiger partial charge is 0.493 e. The minimum Gasteiger partial charge on any atom is -0.493 e. The van der Waals surface area contributed by atoms with Crippen LogP contribution in [-0.4, -0.2) is 42.2 Å². The van der Waals surface area contributed by atoms with E-state index in [9.17, 15) is 4.57 Å². The predicted octanol–water partition coefficient (Wildman–Crippen LogP) is 2.92. The van der Waals surface area contributed by atoms with Gasteiger partial charge in [0.1, 0.15) is 12.1 Å². The lowest BCUT2D eigenvalue weighted by Gasteiger charge is -2.23. The number of methoxy groups -OCH3 is 2. The molecule has 1 aliphatic rings. The fourth-order valence-electron chi connectivity index (χ4n) is 3.10. The molecule has 1 aliphatic heterocycles. The summed E-state index contributed by atoms with van der Waals surface area (Å²) in [6.45, 7) is 1.56. The Labute approximate surface area is 152 Å². The molecule has 0 saturated carbocycles. The molecule has 140 valence electrons. The monoisotopic (exact) mass is 379 g/mol. The second kappa shape index (κ2) is 8.38. The molecule has 0 bridgehead atoms. The van der Waals surface area contributed by atoms with Gasteiger partial charge in [-0.15, -0.1) is 0 Å². The molecular formula is C17H22N3O5P. The van der Waals surface area contributed by atoms with Crippen molar-refractivity contribution in [1.29, 1.82) is 0 Å². The van der Waals surface area contributed by atoms with Gasteiger partial charge in [-0.3, -0.25) is 0 Å². The zero-order valence-electron chi connectivity index (χ0n) is 14.8. The Balaban J connectivity index is 1.90. The highest BCUT2D eigenvalue weighted by atomic mass is 31.1. The van der Waals surface area contributed by atoms with Gasteiger partial charge in [0.05, 0.1) is 26.0 Å². The molecule has 0 radical (unpaired) electrons. The van der Waals surface area contributed by atoms with Gasteiger partial charge in [0.2, 0.25) is 0 Å². The van der Waals surface area contributed by atoms with Crippen LogP contribution in [-0.2, 0) is 9.09 Å². The number of nitrogens with zero attached hydrogens (tertiary/aromatic N) is 3. The van der Waals surface area contributed by atoms with Gasteiger partial charge in [-0.25, -0.2) is 14.5 Å². The fraction of sp³-hybridized carbons (Fsp3) is 0.412. The van der Waals surface area contributed by atoms with Crippen molar-refractivity contribution in [2.24, 2.45) is 0 Å². The van der Waals surface area contributed by atoms with Crippen LogP contribution >= 0.6 is 8.25 Å². The van der Waals surface area contributed by atoms with E-state index in [-0.39, 0.29) is 0 Å². The quantitative estimate of drug-likeness (QED) is 0.626. The third-order valence-corrected chi connectivity index (χ3v) is 4.69. The lowest BCUT2D eigenvalue weighted by Crippen LogP contribution is -2.25. The molecular weight excluding hydrogens is 357 g/mol. The average Bonchev–Trinajstić information content (AvgIpc) is 2.90. The van der Waals surface area contributed by atoms with E-state index < -0.39 is 8.25 Å². The lowest BCUT2D eigenvalue weighted by molar-refractivity contribution is 0.356. The first-order chi connectivity index (χ1) is 12.6. The molecule has 2 heterocycles. The Hall–Kier alpha value is -2.31. The van der Waals surface area contributed by atoms with E-state index in [2.05, 4.69) is 14.9 Å². The van der Waals surface area contributed by atoms with Crippen molar-refractivity contribution < 1.29 is 23.5 Å². The Kier molecular flexibility index (Phi) is 5.96. The van der Waals surface area contributed by atoms with Gasteiger partial charge in [0.15, 0.2) is 11.5 Å². The molecule has 1 unspecified atom stereocenters. The highest BCUT2D eigenvalue weighted by Crippen LogP contribution is 2.35. The summed E-state index contributed by atoms with van der Waals surface area (Å²) in [5.41, 5.74) is 1.81. The van der Waals surface area contributed by atoms with E-state index in [0.29, 0.717) is 11.5 Å². The third-order valence-electron chi connectivity index (χ3n) is 4.37. The summed E-state index contributed by atoms with van der Waals surface area (Å²) in [4.78, 5) is 19.8. The number of benzene rings is 1. The molecule has 1 aromatic heterocycles. The highest BCUT2D eigenvalue weighted by Gasteiger charge is 2.18. The number of aromatic nitrogens is 2. The Morgan fingerprint density at radius 1 is 1.15 bits per heavy atom.